The fraction of sp³-hybridized carbons (Fsp3) is 0.854. The second-order valence-corrected chi connectivity index (χ2v) is 18.8. The van der Waals surface area contributed by atoms with E-state index in [4.69, 9.17) is 37.9 Å². The van der Waals surface area contributed by atoms with Crippen LogP contribution in [0.5, 0.6) is 0 Å². The summed E-state index contributed by atoms with van der Waals surface area (Å²) in [4.78, 5) is 44.0. The number of cyclic esters (lactones) is 1. The molecule has 0 aromatic carbocycles. The highest BCUT2D eigenvalue weighted by molar-refractivity contribution is 5.99. The van der Waals surface area contributed by atoms with E-state index in [1.54, 1.807) is 21.3 Å². The summed E-state index contributed by atoms with van der Waals surface area (Å²) >= 11 is 0. The molecular weight excluding hydrogens is 767 g/mol. The van der Waals surface area contributed by atoms with Crippen LogP contribution in [0.25, 0.3) is 0 Å². The number of nitrogens with zero attached hydrogens (tertiary/aromatic N) is 1. The van der Waals surface area contributed by atoms with Gasteiger partial charge in [0.25, 0.3) is 0 Å². The van der Waals surface area contributed by atoms with Gasteiger partial charge in [-0.2, -0.15) is 0 Å². The molecule has 12 nitrogen and oxygen atoms in total. The summed E-state index contributed by atoms with van der Waals surface area (Å²) in [6, 6.07) is -0.0282. The Morgan fingerprint density at radius 2 is 1.55 bits per heavy atom. The van der Waals surface area contributed by atoms with E-state index >= 15 is 0 Å². The quantitative estimate of drug-likeness (QED) is 0.127. The summed E-state index contributed by atoms with van der Waals surface area (Å²) in [5.74, 6) is -0.0187. The normalized spacial score (nSPS) is 41.1. The largest absolute Gasteiger partial charge is 0.462 e. The van der Waals surface area contributed by atoms with E-state index in [2.05, 4.69) is 39.0 Å². The van der Waals surface area contributed by atoms with Gasteiger partial charge in [-0.15, -0.1) is 0 Å². The highest BCUT2D eigenvalue weighted by Crippen LogP contribution is 2.54. The molecule has 12 heteroatoms. The summed E-state index contributed by atoms with van der Waals surface area (Å²) in [7, 11) is 6.88. The number of allylic oxidation sites excluding steroid dienone is 4. The highest BCUT2D eigenvalue weighted by atomic mass is 16.7. The lowest BCUT2D eigenvalue weighted by atomic mass is 9.70. The number of ketones is 1. The van der Waals surface area contributed by atoms with Crippen LogP contribution in [0.1, 0.15) is 125 Å². The minimum Gasteiger partial charge on any atom is -0.462 e. The molecule has 0 radical (unpaired) electrons. The van der Waals surface area contributed by atoms with Crippen molar-refractivity contribution in [1.82, 2.24) is 4.90 Å². The van der Waals surface area contributed by atoms with Crippen molar-refractivity contribution < 1.29 is 52.3 Å². The molecule has 0 spiro atoms. The van der Waals surface area contributed by atoms with Gasteiger partial charge >= 0.3 is 5.97 Å². The Balaban J connectivity index is 1.17. The molecule has 6 aliphatic rings. The lowest BCUT2D eigenvalue weighted by molar-refractivity contribution is -0.314. The Labute approximate surface area is 360 Å². The van der Waals surface area contributed by atoms with Crippen LogP contribution in [0.4, 0.5) is 0 Å². The maximum Gasteiger partial charge on any atom is 0.306 e. The molecule has 17 atom stereocenters. The van der Waals surface area contributed by atoms with E-state index in [1.807, 2.05) is 32.7 Å². The van der Waals surface area contributed by atoms with Crippen molar-refractivity contribution >= 4 is 17.7 Å². The Kier molecular flexibility index (Phi) is 16.9. The second-order valence-electron chi connectivity index (χ2n) is 18.8. The molecule has 1 saturated carbocycles. The van der Waals surface area contributed by atoms with Crippen molar-refractivity contribution in [3.63, 3.8) is 0 Å². The topological polar surface area (TPSA) is 128 Å². The number of methoxy groups -OCH3 is 3. The molecule has 6 rings (SSSR count). The van der Waals surface area contributed by atoms with E-state index in [0.717, 1.165) is 63.4 Å². The molecular formula is C48H77NO11. The first-order chi connectivity index (χ1) is 28.9. The van der Waals surface area contributed by atoms with Crippen molar-refractivity contribution in [2.75, 3.05) is 28.4 Å². The molecule has 60 heavy (non-hydrogen) atoms. The van der Waals surface area contributed by atoms with E-state index in [-0.39, 0.29) is 108 Å². The maximum absolute atomic E-state index is 14.9. The predicted octanol–water partition coefficient (Wildman–Crippen LogP) is 7.60. The van der Waals surface area contributed by atoms with Crippen LogP contribution in [-0.4, -0.2) is 118 Å². The molecule has 1 amide bonds. The first-order valence-electron chi connectivity index (χ1n) is 23.5. The number of carbonyl (C=O) groups is 3. The first-order valence-corrected chi connectivity index (χ1v) is 23.5. The predicted molar refractivity (Wildman–Crippen MR) is 227 cm³/mol. The summed E-state index contributed by atoms with van der Waals surface area (Å²) in [5, 5.41) is 0. The highest BCUT2D eigenvalue weighted by Gasteiger charge is 2.53. The third-order valence-electron chi connectivity index (χ3n) is 15.1. The van der Waals surface area contributed by atoms with Gasteiger partial charge in [0.2, 0.25) is 5.91 Å². The third-order valence-corrected chi connectivity index (χ3v) is 15.1. The Morgan fingerprint density at radius 3 is 2.20 bits per heavy atom. The minimum atomic E-state index is -0.613. The zero-order chi connectivity index (χ0) is 43.2. The third kappa shape index (κ3) is 10.3. The molecule has 0 aromatic heterocycles. The first kappa shape index (κ1) is 47.3. The molecule has 4 fully saturated rings. The number of hydrogen-bond acceptors (Lipinski definition) is 11. The van der Waals surface area contributed by atoms with Crippen molar-refractivity contribution in [3.8, 4) is 0 Å². The molecule has 3 heterocycles. The number of likely N-dealkylation sites (N-methyl/N-ethyl adjacent to an activating group) is 1. The molecule has 0 N–H and O–H groups in total. The average molecular weight is 844 g/mol. The standard InChI is InChI=1S/C48H77NO11/c1-11-15-30(16-12-2)47(52)49(7)39-21-22-42(56-28(39)5)60-40-18-14-17-32(13-3)58-41(50)26-37-34-20-19-31-23-33(24-35(31)36(34)25-38(37)43(51)27(40)4)59-48-46(55-10)45(54-9)44(53-8)29(6)57-48/h19-20,25,27-37,39-40,42,44-46,48H,11-18,21-24,26H2,1-10H3/t27-,28?,29?,31-,32+,33-,34-,35-,36-,37+,39+,40+,42+,44+,45-,46?,48+/m1/s1. The SMILES string of the molecule is CCCC(CCC)C(=O)N(C)[C@H]1CC[C@H](O[C@H]2CCC[C@H](CC)OC(=O)C[C@@H]3C(=C[C@@H]4[C@H]3C=C[C@@H]3C[C@@H](O[C@@H]5OC(C)[C@H](OC)[C@@H](OC)C5OC)C[C@@H]43)C(=O)[C@@H]2C)OC1C. The van der Waals surface area contributed by atoms with Gasteiger partial charge in [-0.25, -0.2) is 0 Å². The van der Waals surface area contributed by atoms with Gasteiger partial charge < -0.3 is 42.8 Å². The zero-order valence-electron chi connectivity index (χ0n) is 38.3. The smallest absolute Gasteiger partial charge is 0.306 e. The summed E-state index contributed by atoms with van der Waals surface area (Å²) < 4.78 is 49.9. The molecule has 0 bridgehead atoms. The van der Waals surface area contributed by atoms with Crippen molar-refractivity contribution in [2.45, 2.75) is 192 Å². The van der Waals surface area contributed by atoms with Crippen molar-refractivity contribution in [1.29, 1.82) is 0 Å². The number of amides is 1. The van der Waals surface area contributed by atoms with Gasteiger partial charge in [0, 0.05) is 52.6 Å². The molecule has 0 aromatic rings. The summed E-state index contributed by atoms with van der Waals surface area (Å²) in [6.45, 7) is 12.3. The lowest BCUT2D eigenvalue weighted by Gasteiger charge is -2.44. The Morgan fingerprint density at radius 1 is 0.833 bits per heavy atom. The Bertz CT molecular complexity index is 1500. The van der Waals surface area contributed by atoms with E-state index in [9.17, 15) is 14.4 Å². The van der Waals surface area contributed by atoms with Gasteiger partial charge in [-0.1, -0.05) is 58.8 Å². The number of rotatable bonds is 14. The fourth-order valence-corrected chi connectivity index (χ4v) is 11.8. The Hall–Kier alpha value is -2.19. The number of carbonyl (C=O) groups excluding carboxylic acids is 3. The monoisotopic (exact) mass is 844 g/mol. The molecule has 340 valence electrons. The van der Waals surface area contributed by atoms with E-state index in [0.29, 0.717) is 19.3 Å². The number of esters is 1. The van der Waals surface area contributed by atoms with Gasteiger partial charge in [0.15, 0.2) is 18.4 Å². The molecule has 3 aliphatic heterocycles. The molecule has 3 aliphatic carbocycles. The molecule has 3 saturated heterocycles. The lowest BCUT2D eigenvalue weighted by Crippen LogP contribution is -2.59. The summed E-state index contributed by atoms with van der Waals surface area (Å²) in [5.41, 5.74) is 0.732. The number of hydrogen-bond donors (Lipinski definition) is 0. The number of Topliss-reactive ketones (excluding diaryl/α,β-unsaturated/α-hetero) is 1. The van der Waals surface area contributed by atoms with Crippen molar-refractivity contribution in [3.05, 3.63) is 23.8 Å². The minimum absolute atomic E-state index is 0.0116. The van der Waals surface area contributed by atoms with Crippen LogP contribution in [-0.2, 0) is 52.3 Å². The summed E-state index contributed by atoms with van der Waals surface area (Å²) in [6.07, 6.45) is 13.4. The van der Waals surface area contributed by atoms with E-state index in [1.165, 1.54) is 0 Å². The maximum atomic E-state index is 14.9. The van der Waals surface area contributed by atoms with Crippen molar-refractivity contribution in [2.24, 2.45) is 41.4 Å². The van der Waals surface area contributed by atoms with Crippen LogP contribution in [0.2, 0.25) is 0 Å². The van der Waals surface area contributed by atoms with Gasteiger partial charge in [-0.3, -0.25) is 14.4 Å². The van der Waals surface area contributed by atoms with Gasteiger partial charge in [-0.05, 0) is 101 Å². The number of fused-ring (bicyclic) bond motifs is 5. The molecule has 3 unspecified atom stereocenters. The number of ether oxygens (including phenoxy) is 8. The van der Waals surface area contributed by atoms with Gasteiger partial charge in [0.05, 0.1) is 36.9 Å². The zero-order valence-corrected chi connectivity index (χ0v) is 38.3. The average Bonchev–Trinajstić information content (AvgIpc) is 3.82. The fourth-order valence-electron chi connectivity index (χ4n) is 11.8. The van der Waals surface area contributed by atoms with Crippen LogP contribution in [0.3, 0.4) is 0 Å². The second kappa shape index (κ2) is 21.5. The van der Waals surface area contributed by atoms with Crippen LogP contribution in [0, 0.1) is 41.4 Å². The van der Waals surface area contributed by atoms with Crippen LogP contribution >= 0.6 is 0 Å². The van der Waals surface area contributed by atoms with Gasteiger partial charge in [0.1, 0.15) is 24.4 Å². The van der Waals surface area contributed by atoms with Crippen LogP contribution in [0.15, 0.2) is 23.8 Å². The van der Waals surface area contributed by atoms with Crippen LogP contribution < -0.4 is 0 Å². The van der Waals surface area contributed by atoms with E-state index < -0.39 is 24.6 Å².